The number of aliphatic imine (C=N–C) groups is 1. The molecule has 5 heteroatoms. The summed E-state index contributed by atoms with van der Waals surface area (Å²) in [6, 6.07) is 7.96. The molecule has 5 nitrogen and oxygen atoms in total. The molecule has 0 saturated heterocycles. The van der Waals surface area contributed by atoms with Crippen molar-refractivity contribution < 1.29 is 9.47 Å². The Morgan fingerprint density at radius 2 is 1.86 bits per heavy atom. The number of guanidine groups is 1. The third kappa shape index (κ3) is 6.88. The van der Waals surface area contributed by atoms with Crippen LogP contribution in [0.2, 0.25) is 0 Å². The average Bonchev–Trinajstić information content (AvgIpc) is 2.52. The van der Waals surface area contributed by atoms with E-state index in [1.165, 1.54) is 0 Å². The van der Waals surface area contributed by atoms with Crippen molar-refractivity contribution >= 4 is 5.96 Å². The van der Waals surface area contributed by atoms with Gasteiger partial charge in [-0.25, -0.2) is 4.99 Å². The van der Waals surface area contributed by atoms with E-state index < -0.39 is 0 Å². The fourth-order valence-corrected chi connectivity index (χ4v) is 1.65. The van der Waals surface area contributed by atoms with Crippen molar-refractivity contribution in [3.05, 3.63) is 24.3 Å². The first-order chi connectivity index (χ1) is 10.2. The van der Waals surface area contributed by atoms with E-state index in [2.05, 4.69) is 36.4 Å². The van der Waals surface area contributed by atoms with Crippen molar-refractivity contribution in [2.45, 2.75) is 33.2 Å². The third-order valence-corrected chi connectivity index (χ3v) is 3.03. The molecule has 21 heavy (non-hydrogen) atoms. The molecule has 0 radical (unpaired) electrons. The second kappa shape index (κ2) is 9.91. The Kier molecular flexibility index (Phi) is 8.09. The molecule has 0 spiro atoms. The molecule has 1 aromatic rings. The van der Waals surface area contributed by atoms with Crippen molar-refractivity contribution in [1.29, 1.82) is 0 Å². The first kappa shape index (κ1) is 17.1. The number of ether oxygens (including phenoxy) is 2. The summed E-state index contributed by atoms with van der Waals surface area (Å²) < 4.78 is 10.8. The van der Waals surface area contributed by atoms with Gasteiger partial charge in [0.15, 0.2) is 5.96 Å². The van der Waals surface area contributed by atoms with Gasteiger partial charge in [-0.3, -0.25) is 0 Å². The van der Waals surface area contributed by atoms with Crippen molar-refractivity contribution in [2.75, 3.05) is 26.8 Å². The van der Waals surface area contributed by atoms with Gasteiger partial charge in [-0.15, -0.1) is 0 Å². The van der Waals surface area contributed by atoms with Crippen molar-refractivity contribution in [1.82, 2.24) is 10.6 Å². The molecule has 1 unspecified atom stereocenters. The van der Waals surface area contributed by atoms with Gasteiger partial charge in [0, 0.05) is 12.6 Å². The van der Waals surface area contributed by atoms with Crippen LogP contribution in [-0.4, -0.2) is 38.8 Å². The highest BCUT2D eigenvalue weighted by atomic mass is 16.5. The van der Waals surface area contributed by atoms with Crippen LogP contribution in [0.3, 0.4) is 0 Å². The maximum absolute atomic E-state index is 5.65. The molecule has 0 heterocycles. The molecule has 0 amide bonds. The van der Waals surface area contributed by atoms with Crippen LogP contribution in [0.1, 0.15) is 27.2 Å². The van der Waals surface area contributed by atoms with Crippen LogP contribution in [0.25, 0.3) is 0 Å². The number of methoxy groups -OCH3 is 1. The SMILES string of the molecule is CCNC(=NCCOc1ccc(OC)cc1)NC(C)CC. The molecule has 1 atom stereocenters. The second-order valence-corrected chi connectivity index (χ2v) is 4.74. The number of benzene rings is 1. The van der Waals surface area contributed by atoms with Gasteiger partial charge in [-0.05, 0) is 44.5 Å². The summed E-state index contributed by atoms with van der Waals surface area (Å²) in [4.78, 5) is 4.49. The highest BCUT2D eigenvalue weighted by Gasteiger charge is 2.02. The Morgan fingerprint density at radius 3 is 2.43 bits per heavy atom. The maximum atomic E-state index is 5.65. The van der Waals surface area contributed by atoms with Gasteiger partial charge in [0.25, 0.3) is 0 Å². The molecule has 0 aromatic heterocycles. The average molecular weight is 293 g/mol. The largest absolute Gasteiger partial charge is 0.497 e. The minimum atomic E-state index is 0.408. The minimum absolute atomic E-state index is 0.408. The van der Waals surface area contributed by atoms with Crippen molar-refractivity contribution in [3.63, 3.8) is 0 Å². The normalized spacial score (nSPS) is 12.7. The van der Waals surface area contributed by atoms with E-state index in [0.717, 1.165) is 30.4 Å². The lowest BCUT2D eigenvalue weighted by molar-refractivity contribution is 0.327. The molecule has 0 aliphatic carbocycles. The zero-order chi connectivity index (χ0) is 15.5. The van der Waals surface area contributed by atoms with Crippen LogP contribution >= 0.6 is 0 Å². The topological polar surface area (TPSA) is 54.9 Å². The van der Waals surface area contributed by atoms with E-state index >= 15 is 0 Å². The summed E-state index contributed by atoms with van der Waals surface area (Å²) in [5, 5.41) is 6.58. The molecule has 0 saturated carbocycles. The van der Waals surface area contributed by atoms with Gasteiger partial charge in [0.1, 0.15) is 18.1 Å². The maximum Gasteiger partial charge on any atom is 0.191 e. The molecular formula is C16H27N3O2. The van der Waals surface area contributed by atoms with Crippen LogP contribution in [0.15, 0.2) is 29.3 Å². The number of rotatable bonds is 8. The zero-order valence-electron chi connectivity index (χ0n) is 13.5. The molecule has 0 bridgehead atoms. The van der Waals surface area contributed by atoms with Gasteiger partial charge in [-0.1, -0.05) is 6.92 Å². The van der Waals surface area contributed by atoms with E-state index in [4.69, 9.17) is 9.47 Å². The first-order valence-electron chi connectivity index (χ1n) is 7.51. The summed E-state index contributed by atoms with van der Waals surface area (Å²) in [5.41, 5.74) is 0. The standard InChI is InChI=1S/C16H27N3O2/c1-5-13(3)19-16(17-6-2)18-11-12-21-15-9-7-14(20-4)8-10-15/h7-10,13H,5-6,11-12H2,1-4H3,(H2,17,18,19). The number of nitrogens with one attached hydrogen (secondary N) is 2. The summed E-state index contributed by atoms with van der Waals surface area (Å²) in [5.74, 6) is 2.49. The van der Waals surface area contributed by atoms with Crippen molar-refractivity contribution in [3.8, 4) is 11.5 Å². The first-order valence-corrected chi connectivity index (χ1v) is 7.51. The quantitative estimate of drug-likeness (QED) is 0.439. The Balaban J connectivity index is 2.38. The Hall–Kier alpha value is -1.91. The van der Waals surface area contributed by atoms with Gasteiger partial charge in [0.05, 0.1) is 13.7 Å². The predicted octanol–water partition coefficient (Wildman–Crippen LogP) is 2.43. The van der Waals surface area contributed by atoms with Crippen LogP contribution in [0.4, 0.5) is 0 Å². The van der Waals surface area contributed by atoms with Crippen LogP contribution in [-0.2, 0) is 0 Å². The lowest BCUT2D eigenvalue weighted by Crippen LogP contribution is -2.42. The predicted molar refractivity (Wildman–Crippen MR) is 87.4 cm³/mol. The fourth-order valence-electron chi connectivity index (χ4n) is 1.65. The van der Waals surface area contributed by atoms with Gasteiger partial charge in [-0.2, -0.15) is 0 Å². The van der Waals surface area contributed by atoms with Gasteiger partial charge in [0.2, 0.25) is 0 Å². The second-order valence-electron chi connectivity index (χ2n) is 4.74. The van der Waals surface area contributed by atoms with E-state index in [-0.39, 0.29) is 0 Å². The fraction of sp³-hybridized carbons (Fsp3) is 0.562. The molecule has 0 aliphatic rings. The summed E-state index contributed by atoms with van der Waals surface area (Å²) in [6.45, 7) is 8.35. The summed E-state index contributed by atoms with van der Waals surface area (Å²) in [6.07, 6.45) is 1.06. The summed E-state index contributed by atoms with van der Waals surface area (Å²) >= 11 is 0. The molecule has 2 N–H and O–H groups in total. The highest BCUT2D eigenvalue weighted by molar-refractivity contribution is 5.80. The molecular weight excluding hydrogens is 266 g/mol. The summed E-state index contributed by atoms with van der Waals surface area (Å²) in [7, 11) is 1.65. The Bertz CT molecular complexity index is 418. The highest BCUT2D eigenvalue weighted by Crippen LogP contribution is 2.16. The molecule has 0 aliphatic heterocycles. The van der Waals surface area contributed by atoms with Crippen LogP contribution in [0.5, 0.6) is 11.5 Å². The van der Waals surface area contributed by atoms with Crippen LogP contribution < -0.4 is 20.1 Å². The monoisotopic (exact) mass is 293 g/mol. The third-order valence-electron chi connectivity index (χ3n) is 3.03. The molecule has 1 aromatic carbocycles. The van der Waals surface area contributed by atoms with Crippen molar-refractivity contribution in [2.24, 2.45) is 4.99 Å². The van der Waals surface area contributed by atoms with Gasteiger partial charge >= 0.3 is 0 Å². The van der Waals surface area contributed by atoms with E-state index in [9.17, 15) is 0 Å². The van der Waals surface area contributed by atoms with Crippen LogP contribution in [0, 0.1) is 0 Å². The smallest absolute Gasteiger partial charge is 0.191 e. The lowest BCUT2D eigenvalue weighted by atomic mass is 10.3. The molecule has 118 valence electrons. The minimum Gasteiger partial charge on any atom is -0.497 e. The van der Waals surface area contributed by atoms with E-state index in [0.29, 0.717) is 19.2 Å². The Morgan fingerprint density at radius 1 is 1.19 bits per heavy atom. The zero-order valence-corrected chi connectivity index (χ0v) is 13.5. The Labute approximate surface area is 127 Å². The molecule has 1 rings (SSSR count). The van der Waals surface area contributed by atoms with E-state index in [1.54, 1.807) is 7.11 Å². The van der Waals surface area contributed by atoms with E-state index in [1.807, 2.05) is 24.3 Å². The number of hydrogen-bond acceptors (Lipinski definition) is 3. The molecule has 0 fully saturated rings. The van der Waals surface area contributed by atoms with Gasteiger partial charge < -0.3 is 20.1 Å². The number of hydrogen-bond donors (Lipinski definition) is 2. The number of nitrogens with zero attached hydrogens (tertiary/aromatic N) is 1. The lowest BCUT2D eigenvalue weighted by Gasteiger charge is -2.16.